The van der Waals surface area contributed by atoms with Crippen LogP contribution in [-0.4, -0.2) is 17.7 Å². The topological polar surface area (TPSA) is 58.6 Å². The molecule has 0 saturated heterocycles. The molecule has 0 unspecified atom stereocenters. The maximum atomic E-state index is 11.2. The van der Waals surface area contributed by atoms with Gasteiger partial charge in [0.15, 0.2) is 0 Å². The Morgan fingerprint density at radius 3 is 2.11 bits per heavy atom. The molecule has 98 valence electrons. The number of phenolic OH excluding ortho intramolecular Hbond substituents is 1. The quantitative estimate of drug-likeness (QED) is 0.887. The zero-order valence-corrected chi connectivity index (χ0v) is 10.6. The molecule has 4 nitrogen and oxygen atoms in total. The van der Waals surface area contributed by atoms with Crippen LogP contribution in [0, 0.1) is 0 Å². The van der Waals surface area contributed by atoms with Crippen molar-refractivity contribution in [2.75, 3.05) is 6.54 Å². The number of amides is 1. The smallest absolute Gasteiger partial charge is 0.412 e. The maximum Gasteiger partial charge on any atom is 0.412 e. The molecule has 0 heterocycles. The van der Waals surface area contributed by atoms with Crippen LogP contribution in [0.25, 0.3) is 11.1 Å². The third kappa shape index (κ3) is 3.48. The van der Waals surface area contributed by atoms with Gasteiger partial charge in [-0.2, -0.15) is 0 Å². The van der Waals surface area contributed by atoms with Gasteiger partial charge in [0, 0.05) is 6.54 Å². The number of hydrogen-bond acceptors (Lipinski definition) is 3. The largest absolute Gasteiger partial charge is 0.508 e. The Bertz CT molecular complexity index is 547. The molecule has 0 aromatic heterocycles. The molecular formula is C15H15NO3. The standard InChI is InChI=1S/C15H15NO3/c1-2-16-15(18)19-14-9-5-12(6-10-14)11-3-7-13(17)8-4-11/h3-10,17H,2H2,1H3,(H,16,18). The predicted molar refractivity (Wildman–Crippen MR) is 73.2 cm³/mol. The van der Waals surface area contributed by atoms with E-state index < -0.39 is 6.09 Å². The molecule has 0 bridgehead atoms. The molecule has 2 rings (SSSR count). The van der Waals surface area contributed by atoms with E-state index in [9.17, 15) is 9.90 Å². The van der Waals surface area contributed by atoms with Gasteiger partial charge in [-0.3, -0.25) is 0 Å². The summed E-state index contributed by atoms with van der Waals surface area (Å²) in [5, 5.41) is 11.8. The van der Waals surface area contributed by atoms with E-state index in [2.05, 4.69) is 5.32 Å². The molecule has 0 aliphatic rings. The first-order chi connectivity index (χ1) is 9.19. The van der Waals surface area contributed by atoms with E-state index in [1.807, 2.05) is 31.2 Å². The maximum absolute atomic E-state index is 11.2. The Labute approximate surface area is 111 Å². The minimum Gasteiger partial charge on any atom is -0.508 e. The van der Waals surface area contributed by atoms with Gasteiger partial charge >= 0.3 is 6.09 Å². The number of benzene rings is 2. The molecule has 0 atom stereocenters. The third-order valence-corrected chi connectivity index (χ3v) is 2.59. The van der Waals surface area contributed by atoms with Crippen LogP contribution in [0.2, 0.25) is 0 Å². The molecular weight excluding hydrogens is 242 g/mol. The molecule has 2 aromatic carbocycles. The van der Waals surface area contributed by atoms with Crippen molar-refractivity contribution in [2.45, 2.75) is 6.92 Å². The number of carbonyl (C=O) groups is 1. The second-order valence-corrected chi connectivity index (χ2v) is 3.99. The Kier molecular flexibility index (Phi) is 4.03. The number of hydrogen-bond donors (Lipinski definition) is 2. The summed E-state index contributed by atoms with van der Waals surface area (Å²) in [6, 6.07) is 14.1. The van der Waals surface area contributed by atoms with Crippen molar-refractivity contribution < 1.29 is 14.6 Å². The Morgan fingerprint density at radius 2 is 1.58 bits per heavy atom. The van der Waals surface area contributed by atoms with Gasteiger partial charge in [-0.25, -0.2) is 4.79 Å². The molecule has 0 aliphatic carbocycles. The highest BCUT2D eigenvalue weighted by molar-refractivity contribution is 5.71. The van der Waals surface area contributed by atoms with Crippen LogP contribution >= 0.6 is 0 Å². The fourth-order valence-electron chi connectivity index (χ4n) is 1.66. The molecule has 19 heavy (non-hydrogen) atoms. The summed E-state index contributed by atoms with van der Waals surface area (Å²) in [6.07, 6.45) is -0.458. The van der Waals surface area contributed by atoms with Gasteiger partial charge < -0.3 is 15.2 Å². The Hall–Kier alpha value is -2.49. The summed E-state index contributed by atoms with van der Waals surface area (Å²) in [7, 11) is 0. The number of nitrogens with one attached hydrogen (secondary N) is 1. The van der Waals surface area contributed by atoms with E-state index in [1.165, 1.54) is 0 Å². The van der Waals surface area contributed by atoms with Crippen LogP contribution in [0.1, 0.15) is 6.92 Å². The van der Waals surface area contributed by atoms with Gasteiger partial charge in [0.1, 0.15) is 11.5 Å². The average molecular weight is 257 g/mol. The molecule has 0 fully saturated rings. The molecule has 0 spiro atoms. The van der Waals surface area contributed by atoms with Crippen molar-refractivity contribution in [3.05, 3.63) is 48.5 Å². The lowest BCUT2D eigenvalue weighted by atomic mass is 10.1. The first-order valence-corrected chi connectivity index (χ1v) is 6.04. The van der Waals surface area contributed by atoms with E-state index in [1.54, 1.807) is 24.3 Å². The highest BCUT2D eigenvalue weighted by Crippen LogP contribution is 2.24. The van der Waals surface area contributed by atoms with Crippen LogP contribution in [0.4, 0.5) is 4.79 Å². The summed E-state index contributed by atoms with van der Waals surface area (Å²) < 4.78 is 5.07. The second kappa shape index (κ2) is 5.91. The lowest BCUT2D eigenvalue weighted by molar-refractivity contribution is 0.201. The van der Waals surface area contributed by atoms with Gasteiger partial charge in [0.05, 0.1) is 0 Å². The molecule has 0 radical (unpaired) electrons. The number of carbonyl (C=O) groups excluding carboxylic acids is 1. The molecule has 0 saturated carbocycles. The third-order valence-electron chi connectivity index (χ3n) is 2.59. The van der Waals surface area contributed by atoms with Gasteiger partial charge in [-0.05, 0) is 42.3 Å². The summed E-state index contributed by atoms with van der Waals surface area (Å²) in [4.78, 5) is 11.2. The summed E-state index contributed by atoms with van der Waals surface area (Å²) in [6.45, 7) is 2.36. The number of rotatable bonds is 3. The van der Waals surface area contributed by atoms with Crippen molar-refractivity contribution in [2.24, 2.45) is 0 Å². The highest BCUT2D eigenvalue weighted by Gasteiger charge is 2.03. The van der Waals surface area contributed by atoms with Crippen molar-refractivity contribution in [1.82, 2.24) is 5.32 Å². The zero-order valence-electron chi connectivity index (χ0n) is 10.6. The summed E-state index contributed by atoms with van der Waals surface area (Å²) in [5.41, 5.74) is 1.98. The lowest BCUT2D eigenvalue weighted by Crippen LogP contribution is -2.26. The van der Waals surface area contributed by atoms with Gasteiger partial charge in [0.25, 0.3) is 0 Å². The SMILES string of the molecule is CCNC(=O)Oc1ccc(-c2ccc(O)cc2)cc1. The molecule has 2 aromatic rings. The Morgan fingerprint density at radius 1 is 1.05 bits per heavy atom. The summed E-state index contributed by atoms with van der Waals surface area (Å²) in [5.74, 6) is 0.730. The van der Waals surface area contributed by atoms with Crippen molar-refractivity contribution >= 4 is 6.09 Å². The lowest BCUT2D eigenvalue weighted by Gasteiger charge is -2.06. The van der Waals surface area contributed by atoms with Gasteiger partial charge in [-0.15, -0.1) is 0 Å². The first kappa shape index (κ1) is 13.0. The monoisotopic (exact) mass is 257 g/mol. The fourth-order valence-corrected chi connectivity index (χ4v) is 1.66. The highest BCUT2D eigenvalue weighted by atomic mass is 16.5. The zero-order chi connectivity index (χ0) is 13.7. The van der Waals surface area contributed by atoms with Crippen LogP contribution in [-0.2, 0) is 0 Å². The number of phenols is 1. The molecule has 4 heteroatoms. The van der Waals surface area contributed by atoms with Crippen molar-refractivity contribution in [1.29, 1.82) is 0 Å². The van der Waals surface area contributed by atoms with E-state index >= 15 is 0 Å². The fraction of sp³-hybridized carbons (Fsp3) is 0.133. The van der Waals surface area contributed by atoms with Crippen LogP contribution in [0.5, 0.6) is 11.5 Å². The minimum absolute atomic E-state index is 0.236. The van der Waals surface area contributed by atoms with Gasteiger partial charge in [0.2, 0.25) is 0 Å². The number of aromatic hydroxyl groups is 1. The summed E-state index contributed by atoms with van der Waals surface area (Å²) >= 11 is 0. The second-order valence-electron chi connectivity index (χ2n) is 3.99. The van der Waals surface area contributed by atoms with E-state index in [4.69, 9.17) is 4.74 Å². The molecule has 1 amide bonds. The van der Waals surface area contributed by atoms with Crippen LogP contribution < -0.4 is 10.1 Å². The van der Waals surface area contributed by atoms with Crippen molar-refractivity contribution in [3.8, 4) is 22.6 Å². The van der Waals surface area contributed by atoms with E-state index in [0.29, 0.717) is 12.3 Å². The predicted octanol–water partition coefficient (Wildman–Crippen LogP) is 3.17. The Balaban J connectivity index is 2.10. The molecule has 2 N–H and O–H groups in total. The van der Waals surface area contributed by atoms with Gasteiger partial charge in [-0.1, -0.05) is 24.3 Å². The first-order valence-electron chi connectivity index (χ1n) is 6.04. The van der Waals surface area contributed by atoms with E-state index in [-0.39, 0.29) is 5.75 Å². The average Bonchev–Trinajstić information content (AvgIpc) is 2.41. The van der Waals surface area contributed by atoms with E-state index in [0.717, 1.165) is 11.1 Å². The normalized spacial score (nSPS) is 9.95. The van der Waals surface area contributed by atoms with Crippen molar-refractivity contribution in [3.63, 3.8) is 0 Å². The van der Waals surface area contributed by atoms with Crippen LogP contribution in [0.3, 0.4) is 0 Å². The molecule has 0 aliphatic heterocycles. The number of ether oxygens (including phenoxy) is 1. The minimum atomic E-state index is -0.458. The van der Waals surface area contributed by atoms with Crippen LogP contribution in [0.15, 0.2) is 48.5 Å².